The molecule has 3 saturated heterocycles. The number of carbonyl (C=O) groups is 1. The number of thioether (sulfide) groups is 1. The third-order valence-electron chi connectivity index (χ3n) is 7.96. The molecule has 1 amide bonds. The number of carbonyl (C=O) groups excluding carboxylic acids is 1. The quantitative estimate of drug-likeness (QED) is 0.397. The van der Waals surface area contributed by atoms with Gasteiger partial charge in [-0.25, -0.2) is 9.97 Å². The Balaban J connectivity index is 1.02. The number of amides is 1. The highest BCUT2D eigenvalue weighted by Crippen LogP contribution is 2.38. The number of aryl methyl sites for hydroxylation is 1. The maximum atomic E-state index is 13.3. The van der Waals surface area contributed by atoms with Crippen molar-refractivity contribution in [3.8, 4) is 0 Å². The van der Waals surface area contributed by atoms with Crippen LogP contribution in [0.5, 0.6) is 0 Å². The van der Waals surface area contributed by atoms with Gasteiger partial charge < -0.3 is 19.5 Å². The van der Waals surface area contributed by atoms with Crippen LogP contribution in [0.4, 0.5) is 17.2 Å². The molecule has 3 fully saturated rings. The number of pyridine rings is 1. The molecule has 6 rings (SSSR count). The van der Waals surface area contributed by atoms with Crippen molar-refractivity contribution in [2.45, 2.75) is 37.8 Å². The molecule has 0 spiro atoms. The number of nitrogens with one attached hydrogen (secondary N) is 1. The van der Waals surface area contributed by atoms with Crippen molar-refractivity contribution in [3.05, 3.63) is 36.0 Å². The minimum absolute atomic E-state index is 0.0570. The van der Waals surface area contributed by atoms with E-state index in [-0.39, 0.29) is 5.91 Å². The predicted molar refractivity (Wildman–Crippen MR) is 158 cm³/mol. The van der Waals surface area contributed by atoms with Crippen molar-refractivity contribution in [3.63, 3.8) is 0 Å². The molecule has 3 aliphatic rings. The lowest BCUT2D eigenvalue weighted by atomic mass is 10.2. The fourth-order valence-corrected chi connectivity index (χ4v) is 6.69. The van der Waals surface area contributed by atoms with Crippen LogP contribution in [0, 0.1) is 6.92 Å². The van der Waals surface area contributed by atoms with Crippen molar-refractivity contribution in [1.82, 2.24) is 19.8 Å². The van der Waals surface area contributed by atoms with Crippen molar-refractivity contribution in [1.29, 1.82) is 0 Å². The Morgan fingerprint density at radius 1 is 0.923 bits per heavy atom. The average molecular weight is 550 g/mol. The van der Waals surface area contributed by atoms with E-state index in [2.05, 4.69) is 42.9 Å². The number of piperazine rings is 1. The molecule has 5 heterocycles. The van der Waals surface area contributed by atoms with Gasteiger partial charge in [-0.3, -0.25) is 14.6 Å². The van der Waals surface area contributed by atoms with E-state index in [1.807, 2.05) is 24.3 Å². The van der Waals surface area contributed by atoms with E-state index in [9.17, 15) is 4.79 Å². The van der Waals surface area contributed by atoms with Crippen molar-refractivity contribution in [2.75, 3.05) is 86.3 Å². The van der Waals surface area contributed by atoms with Gasteiger partial charge in [-0.15, -0.1) is 0 Å². The summed E-state index contributed by atoms with van der Waals surface area (Å²) in [6.07, 6.45) is 4.76. The highest BCUT2D eigenvalue weighted by atomic mass is 32.2. The molecule has 39 heavy (non-hydrogen) atoms. The van der Waals surface area contributed by atoms with Crippen LogP contribution in [0.1, 0.15) is 31.4 Å². The second-order valence-electron chi connectivity index (χ2n) is 10.8. The SMILES string of the molecule is Cc1cc(N2CCCC2)c(NC(=O)CN2CCN(CCSc3nc4ccccc4o3)CC2)c(N2CCCC2)n1. The van der Waals surface area contributed by atoms with Crippen molar-refractivity contribution < 1.29 is 9.21 Å². The van der Waals surface area contributed by atoms with Gasteiger partial charge in [0.15, 0.2) is 11.4 Å². The normalized spacial score (nSPS) is 18.9. The number of anilines is 3. The summed E-state index contributed by atoms with van der Waals surface area (Å²) in [6.45, 7) is 11.3. The fraction of sp³-hybridized carbons (Fsp3) is 0.552. The van der Waals surface area contributed by atoms with Crippen molar-refractivity contribution >= 4 is 46.0 Å². The molecule has 0 atom stereocenters. The maximum absolute atomic E-state index is 13.3. The van der Waals surface area contributed by atoms with E-state index in [0.717, 1.165) is 104 Å². The standard InChI is InChI=1S/C29H39N7O2S/c1-22-20-24(35-10-4-5-11-35)27(28(30-22)36-12-6-7-13-36)32-26(37)21-34-16-14-33(15-17-34)18-19-39-29-31-23-8-2-3-9-25(23)38-29/h2-3,8-9,20H,4-7,10-19,21H2,1H3,(H,32,37). The molecule has 0 aliphatic carbocycles. The lowest BCUT2D eigenvalue weighted by Gasteiger charge is -2.34. The van der Waals surface area contributed by atoms with E-state index < -0.39 is 0 Å². The summed E-state index contributed by atoms with van der Waals surface area (Å²) in [4.78, 5) is 32.3. The molecule has 0 saturated carbocycles. The average Bonchev–Trinajstić information content (AvgIpc) is 3.72. The number of fused-ring (bicyclic) bond motifs is 1. The smallest absolute Gasteiger partial charge is 0.256 e. The van der Waals surface area contributed by atoms with Crippen LogP contribution in [0.3, 0.4) is 0 Å². The molecule has 1 aromatic carbocycles. The second-order valence-corrected chi connectivity index (χ2v) is 11.9. The minimum atomic E-state index is 0.0570. The van der Waals surface area contributed by atoms with E-state index >= 15 is 0 Å². The Bertz CT molecular complexity index is 1210. The Morgan fingerprint density at radius 2 is 1.62 bits per heavy atom. The van der Waals surface area contributed by atoms with E-state index in [1.165, 1.54) is 25.7 Å². The molecule has 0 bridgehead atoms. The number of nitrogens with zero attached hydrogens (tertiary/aromatic N) is 6. The van der Waals surface area contributed by atoms with Crippen LogP contribution in [-0.2, 0) is 4.79 Å². The number of oxazole rings is 1. The summed E-state index contributed by atoms with van der Waals surface area (Å²) in [5, 5.41) is 4.06. The molecule has 9 nitrogen and oxygen atoms in total. The molecule has 0 radical (unpaired) electrons. The monoisotopic (exact) mass is 549 g/mol. The first-order chi connectivity index (χ1) is 19.1. The molecule has 10 heteroatoms. The number of benzene rings is 1. The summed E-state index contributed by atoms with van der Waals surface area (Å²) in [7, 11) is 0. The zero-order chi connectivity index (χ0) is 26.6. The van der Waals surface area contributed by atoms with Crippen LogP contribution in [0.2, 0.25) is 0 Å². The van der Waals surface area contributed by atoms with Gasteiger partial charge in [-0.05, 0) is 50.8 Å². The molecule has 3 aromatic rings. The van der Waals surface area contributed by atoms with Gasteiger partial charge in [0.2, 0.25) is 5.91 Å². The number of rotatable bonds is 9. The van der Waals surface area contributed by atoms with Crippen LogP contribution in [-0.4, -0.2) is 96.9 Å². The molecule has 1 N–H and O–H groups in total. The predicted octanol–water partition coefficient (Wildman–Crippen LogP) is 4.08. The Labute approximate surface area is 234 Å². The van der Waals surface area contributed by atoms with Crippen LogP contribution in [0.15, 0.2) is 40.0 Å². The fourth-order valence-electron chi connectivity index (χ4n) is 5.85. The first-order valence-corrected chi connectivity index (χ1v) is 15.4. The summed E-state index contributed by atoms with van der Waals surface area (Å²) in [6, 6.07) is 10.0. The lowest BCUT2D eigenvalue weighted by molar-refractivity contribution is -0.117. The van der Waals surface area contributed by atoms with E-state index in [1.54, 1.807) is 11.8 Å². The number of aromatic nitrogens is 2. The molecular weight excluding hydrogens is 510 g/mol. The van der Waals surface area contributed by atoms with Gasteiger partial charge >= 0.3 is 0 Å². The van der Waals surface area contributed by atoms with Crippen molar-refractivity contribution in [2.24, 2.45) is 0 Å². The highest BCUT2D eigenvalue weighted by molar-refractivity contribution is 7.99. The van der Waals surface area contributed by atoms with Gasteiger partial charge in [0, 0.05) is 70.3 Å². The maximum Gasteiger partial charge on any atom is 0.256 e. The minimum Gasteiger partial charge on any atom is -0.431 e. The first-order valence-electron chi connectivity index (χ1n) is 14.4. The molecule has 208 valence electrons. The summed E-state index contributed by atoms with van der Waals surface area (Å²) in [5.74, 6) is 1.94. The van der Waals surface area contributed by atoms with Crippen LogP contribution < -0.4 is 15.1 Å². The van der Waals surface area contributed by atoms with E-state index in [0.29, 0.717) is 6.54 Å². The first kappa shape index (κ1) is 26.4. The van der Waals surface area contributed by atoms with Crippen LogP contribution in [0.25, 0.3) is 11.1 Å². The van der Waals surface area contributed by atoms with Gasteiger partial charge in [0.25, 0.3) is 5.22 Å². The van der Waals surface area contributed by atoms with Gasteiger partial charge in [0.1, 0.15) is 11.2 Å². The Hall–Kier alpha value is -2.82. The number of hydrogen-bond acceptors (Lipinski definition) is 9. The highest BCUT2D eigenvalue weighted by Gasteiger charge is 2.26. The molecule has 3 aliphatic heterocycles. The largest absolute Gasteiger partial charge is 0.431 e. The summed E-state index contributed by atoms with van der Waals surface area (Å²) < 4.78 is 5.83. The molecule has 2 aromatic heterocycles. The number of para-hydroxylation sites is 2. The zero-order valence-electron chi connectivity index (χ0n) is 22.9. The van der Waals surface area contributed by atoms with Gasteiger partial charge in [-0.1, -0.05) is 23.9 Å². The topological polar surface area (TPSA) is 81.0 Å². The third kappa shape index (κ3) is 6.34. The Kier molecular flexibility index (Phi) is 8.22. The van der Waals surface area contributed by atoms with Crippen LogP contribution >= 0.6 is 11.8 Å². The van der Waals surface area contributed by atoms with E-state index in [4.69, 9.17) is 9.40 Å². The molecule has 0 unspecified atom stereocenters. The van der Waals surface area contributed by atoms with Gasteiger partial charge in [-0.2, -0.15) is 0 Å². The zero-order valence-corrected chi connectivity index (χ0v) is 23.7. The molecular formula is C29H39N7O2S. The summed E-state index contributed by atoms with van der Waals surface area (Å²) in [5.41, 5.74) is 4.81. The summed E-state index contributed by atoms with van der Waals surface area (Å²) >= 11 is 1.67. The number of hydrogen-bond donors (Lipinski definition) is 1. The third-order valence-corrected chi connectivity index (χ3v) is 8.77. The Morgan fingerprint density at radius 3 is 2.36 bits per heavy atom. The second kappa shape index (κ2) is 12.1. The lowest BCUT2D eigenvalue weighted by Crippen LogP contribution is -2.49. The van der Waals surface area contributed by atoms with Gasteiger partial charge in [0.05, 0.1) is 12.2 Å².